The zero-order valence-electron chi connectivity index (χ0n) is 13.5. The van der Waals surface area contributed by atoms with Crippen LogP contribution in [-0.4, -0.2) is 29.6 Å². The fourth-order valence-corrected chi connectivity index (χ4v) is 3.05. The van der Waals surface area contributed by atoms with Crippen molar-refractivity contribution < 1.29 is 4.39 Å². The molecule has 0 unspecified atom stereocenters. The van der Waals surface area contributed by atoms with E-state index in [4.69, 9.17) is 0 Å². The molecule has 1 saturated heterocycles. The van der Waals surface area contributed by atoms with Crippen LogP contribution in [0.3, 0.4) is 0 Å². The predicted octanol–water partition coefficient (Wildman–Crippen LogP) is 3.84. The van der Waals surface area contributed by atoms with Crippen molar-refractivity contribution in [1.82, 2.24) is 9.97 Å². The summed E-state index contributed by atoms with van der Waals surface area (Å²) >= 11 is 0. The molecular formula is C16H27FN4. The molecule has 0 aromatic carbocycles. The number of hydrogen-bond acceptors (Lipinski definition) is 4. The van der Waals surface area contributed by atoms with Gasteiger partial charge in [0.1, 0.15) is 0 Å². The molecule has 0 atom stereocenters. The van der Waals surface area contributed by atoms with Gasteiger partial charge in [0.05, 0.1) is 6.20 Å². The molecule has 4 nitrogen and oxygen atoms in total. The number of halogens is 1. The highest BCUT2D eigenvalue weighted by Crippen LogP contribution is 2.39. The zero-order valence-corrected chi connectivity index (χ0v) is 13.5. The van der Waals surface area contributed by atoms with Crippen molar-refractivity contribution in [1.29, 1.82) is 0 Å². The second kappa shape index (κ2) is 7.05. The third-order valence-corrected chi connectivity index (χ3v) is 4.88. The quantitative estimate of drug-likeness (QED) is 0.865. The summed E-state index contributed by atoms with van der Waals surface area (Å²) in [6, 6.07) is 0. The summed E-state index contributed by atoms with van der Waals surface area (Å²) in [7, 11) is 0. The van der Waals surface area contributed by atoms with E-state index in [0.29, 0.717) is 17.2 Å². The maximum absolute atomic E-state index is 14.0. The van der Waals surface area contributed by atoms with Crippen molar-refractivity contribution >= 4 is 11.8 Å². The van der Waals surface area contributed by atoms with Crippen molar-refractivity contribution in [3.8, 4) is 0 Å². The summed E-state index contributed by atoms with van der Waals surface area (Å²) in [4.78, 5) is 10.4. The standard InChI is InChI=1S/C16H27FN4/c1-4-9-18-15-19-12-13(17)14(20-15)21-10-7-16(5-2,6-3)8-11-21/h12H,4-11H2,1-3H3,(H,18,19,20). The SMILES string of the molecule is CCCNc1ncc(F)c(N2CCC(CC)(CC)CC2)n1. The van der Waals surface area contributed by atoms with E-state index >= 15 is 0 Å². The minimum atomic E-state index is -0.322. The molecule has 0 spiro atoms. The molecule has 2 rings (SSSR count). The van der Waals surface area contributed by atoms with Crippen molar-refractivity contribution in [2.45, 2.75) is 52.9 Å². The fourth-order valence-electron chi connectivity index (χ4n) is 3.05. The van der Waals surface area contributed by atoms with Crippen molar-refractivity contribution in [2.24, 2.45) is 5.41 Å². The molecular weight excluding hydrogens is 267 g/mol. The molecule has 1 aliphatic rings. The van der Waals surface area contributed by atoms with Crippen LogP contribution in [0, 0.1) is 11.2 Å². The summed E-state index contributed by atoms with van der Waals surface area (Å²) in [5.74, 6) is 0.651. The molecule has 1 N–H and O–H groups in total. The molecule has 21 heavy (non-hydrogen) atoms. The van der Waals surface area contributed by atoms with Crippen LogP contribution in [0.4, 0.5) is 16.2 Å². The number of aromatic nitrogens is 2. The van der Waals surface area contributed by atoms with E-state index in [-0.39, 0.29) is 5.82 Å². The van der Waals surface area contributed by atoms with E-state index in [1.807, 2.05) is 0 Å². The smallest absolute Gasteiger partial charge is 0.224 e. The lowest BCUT2D eigenvalue weighted by Gasteiger charge is -2.41. The van der Waals surface area contributed by atoms with Gasteiger partial charge in [-0.3, -0.25) is 0 Å². The number of anilines is 2. The molecule has 1 aromatic rings. The number of rotatable bonds is 6. The van der Waals surface area contributed by atoms with Crippen molar-refractivity contribution in [3.05, 3.63) is 12.0 Å². The van der Waals surface area contributed by atoms with Gasteiger partial charge in [0.15, 0.2) is 11.6 Å². The first-order valence-electron chi connectivity index (χ1n) is 8.15. The van der Waals surface area contributed by atoms with E-state index in [1.54, 1.807) is 0 Å². The Morgan fingerprint density at radius 3 is 2.48 bits per heavy atom. The van der Waals surface area contributed by atoms with Gasteiger partial charge in [-0.15, -0.1) is 0 Å². The van der Waals surface area contributed by atoms with E-state index in [1.165, 1.54) is 19.0 Å². The molecule has 0 aliphatic carbocycles. The predicted molar refractivity (Wildman–Crippen MR) is 85.2 cm³/mol. The third kappa shape index (κ3) is 3.63. The lowest BCUT2D eigenvalue weighted by atomic mass is 9.74. The van der Waals surface area contributed by atoms with Crippen LogP contribution in [0.1, 0.15) is 52.9 Å². The number of nitrogens with one attached hydrogen (secondary N) is 1. The molecule has 1 fully saturated rings. The Morgan fingerprint density at radius 1 is 1.24 bits per heavy atom. The number of piperidine rings is 1. The molecule has 0 amide bonds. The van der Waals surface area contributed by atoms with Gasteiger partial charge < -0.3 is 10.2 Å². The Morgan fingerprint density at radius 2 is 1.90 bits per heavy atom. The third-order valence-electron chi connectivity index (χ3n) is 4.88. The highest BCUT2D eigenvalue weighted by molar-refractivity contribution is 5.44. The Kier molecular flexibility index (Phi) is 5.37. The van der Waals surface area contributed by atoms with Crippen LogP contribution in [0.15, 0.2) is 6.20 Å². The molecule has 118 valence electrons. The first-order valence-corrected chi connectivity index (χ1v) is 8.15. The lowest BCUT2D eigenvalue weighted by Crippen LogP contribution is -2.40. The Bertz CT molecular complexity index is 450. The Balaban J connectivity index is 2.08. The molecule has 2 heterocycles. The van der Waals surface area contributed by atoms with Gasteiger partial charge in [-0.1, -0.05) is 33.6 Å². The van der Waals surface area contributed by atoms with Gasteiger partial charge in [-0.05, 0) is 24.7 Å². The first kappa shape index (κ1) is 16.0. The van der Waals surface area contributed by atoms with Gasteiger partial charge in [0.25, 0.3) is 0 Å². The molecule has 0 bridgehead atoms. The van der Waals surface area contributed by atoms with Gasteiger partial charge in [-0.2, -0.15) is 4.98 Å². The monoisotopic (exact) mass is 294 g/mol. The first-order chi connectivity index (χ1) is 10.1. The van der Waals surface area contributed by atoms with Crippen molar-refractivity contribution in [2.75, 3.05) is 29.9 Å². The van der Waals surface area contributed by atoms with Crippen LogP contribution < -0.4 is 10.2 Å². The van der Waals surface area contributed by atoms with E-state index in [2.05, 4.69) is 41.0 Å². The summed E-state index contributed by atoms with van der Waals surface area (Å²) in [6.45, 7) is 9.16. The molecule has 0 radical (unpaired) electrons. The van der Waals surface area contributed by atoms with Crippen LogP contribution in [-0.2, 0) is 0 Å². The molecule has 0 saturated carbocycles. The molecule has 1 aromatic heterocycles. The largest absolute Gasteiger partial charge is 0.354 e. The molecule has 5 heteroatoms. The number of nitrogens with zero attached hydrogens (tertiary/aromatic N) is 3. The zero-order chi connectivity index (χ0) is 15.3. The van der Waals surface area contributed by atoms with Crippen LogP contribution in [0.5, 0.6) is 0 Å². The minimum absolute atomic E-state index is 0.322. The van der Waals surface area contributed by atoms with E-state index < -0.39 is 0 Å². The Labute approximate surface area is 127 Å². The molecule has 1 aliphatic heterocycles. The maximum atomic E-state index is 14.0. The summed E-state index contributed by atoms with van der Waals surface area (Å²) in [6.07, 6.45) is 6.90. The topological polar surface area (TPSA) is 41.1 Å². The second-order valence-corrected chi connectivity index (χ2v) is 5.99. The lowest BCUT2D eigenvalue weighted by molar-refractivity contribution is 0.198. The summed E-state index contributed by atoms with van der Waals surface area (Å²) in [5.41, 5.74) is 0.434. The van der Waals surface area contributed by atoms with Gasteiger partial charge in [-0.25, -0.2) is 9.37 Å². The number of hydrogen-bond donors (Lipinski definition) is 1. The summed E-state index contributed by atoms with van der Waals surface area (Å²) in [5, 5.41) is 3.12. The average molecular weight is 294 g/mol. The highest BCUT2D eigenvalue weighted by atomic mass is 19.1. The Hall–Kier alpha value is -1.39. The van der Waals surface area contributed by atoms with Gasteiger partial charge in [0, 0.05) is 19.6 Å². The summed E-state index contributed by atoms with van der Waals surface area (Å²) < 4.78 is 14.0. The van der Waals surface area contributed by atoms with Crippen LogP contribution in [0.2, 0.25) is 0 Å². The van der Waals surface area contributed by atoms with Gasteiger partial charge in [0.2, 0.25) is 5.95 Å². The fraction of sp³-hybridized carbons (Fsp3) is 0.750. The van der Waals surface area contributed by atoms with E-state index in [9.17, 15) is 4.39 Å². The van der Waals surface area contributed by atoms with Crippen LogP contribution >= 0.6 is 0 Å². The average Bonchev–Trinajstić information content (AvgIpc) is 2.54. The maximum Gasteiger partial charge on any atom is 0.224 e. The normalized spacial score (nSPS) is 17.8. The van der Waals surface area contributed by atoms with Gasteiger partial charge >= 0.3 is 0 Å². The van der Waals surface area contributed by atoms with E-state index in [0.717, 1.165) is 38.9 Å². The van der Waals surface area contributed by atoms with Crippen molar-refractivity contribution in [3.63, 3.8) is 0 Å². The minimum Gasteiger partial charge on any atom is -0.354 e. The second-order valence-electron chi connectivity index (χ2n) is 5.99. The highest BCUT2D eigenvalue weighted by Gasteiger charge is 2.32. The van der Waals surface area contributed by atoms with Crippen LogP contribution in [0.25, 0.3) is 0 Å².